The van der Waals surface area contributed by atoms with Gasteiger partial charge in [0.1, 0.15) is 13.2 Å². The average Bonchev–Trinajstić information content (AvgIpc) is 2.72. The Hall–Kier alpha value is -3.08. The van der Waals surface area contributed by atoms with E-state index in [9.17, 15) is 0 Å². The smallest absolute Gasteiger partial charge is 0.100 e. The average molecular weight is 344 g/mol. The largest absolute Gasteiger partial charge is 0.264 e. The molecule has 4 nitrogen and oxygen atoms in total. The lowest BCUT2D eigenvalue weighted by Crippen LogP contribution is -2.28. The molecule has 0 fully saturated rings. The van der Waals surface area contributed by atoms with Gasteiger partial charge in [-0.1, -0.05) is 72.8 Å². The first-order valence-corrected chi connectivity index (χ1v) is 8.60. The second kappa shape index (κ2) is 7.87. The van der Waals surface area contributed by atoms with Gasteiger partial charge in [0, 0.05) is 0 Å². The Balaban J connectivity index is 1.46. The molecular formula is C22H20N2O2. The molecule has 0 atom stereocenters. The van der Waals surface area contributed by atoms with Crippen molar-refractivity contribution in [3.8, 4) is 0 Å². The predicted molar refractivity (Wildman–Crippen MR) is 103 cm³/mol. The van der Waals surface area contributed by atoms with Crippen molar-refractivity contribution in [2.45, 2.75) is 13.2 Å². The van der Waals surface area contributed by atoms with Crippen LogP contribution >= 0.6 is 0 Å². The third-order valence-corrected chi connectivity index (χ3v) is 4.12. The first-order valence-electron chi connectivity index (χ1n) is 8.60. The molecule has 0 bridgehead atoms. The van der Waals surface area contributed by atoms with Crippen molar-refractivity contribution >= 4 is 11.4 Å². The summed E-state index contributed by atoms with van der Waals surface area (Å²) in [7, 11) is 0. The number of hydrogen-bond donors (Lipinski definition) is 0. The monoisotopic (exact) mass is 344 g/mol. The van der Waals surface area contributed by atoms with Gasteiger partial charge in [-0.25, -0.2) is 10.1 Å². The topological polar surface area (TPSA) is 24.9 Å². The Kier molecular flexibility index (Phi) is 4.96. The number of hydrogen-bond acceptors (Lipinski definition) is 4. The molecule has 0 unspecified atom stereocenters. The molecule has 1 aliphatic rings. The molecule has 3 aromatic rings. The maximum atomic E-state index is 5.97. The summed E-state index contributed by atoms with van der Waals surface area (Å²) in [6.07, 6.45) is 3.74. The highest BCUT2D eigenvalue weighted by atomic mass is 16.7. The quantitative estimate of drug-likeness (QED) is 0.625. The van der Waals surface area contributed by atoms with E-state index >= 15 is 0 Å². The Labute approximate surface area is 153 Å². The summed E-state index contributed by atoms with van der Waals surface area (Å²) in [4.78, 5) is 11.9. The van der Waals surface area contributed by atoms with E-state index in [1.807, 2.05) is 73.1 Å². The van der Waals surface area contributed by atoms with Crippen molar-refractivity contribution in [1.29, 1.82) is 0 Å². The van der Waals surface area contributed by atoms with E-state index in [4.69, 9.17) is 9.68 Å². The van der Waals surface area contributed by atoms with Gasteiger partial charge in [0.25, 0.3) is 0 Å². The van der Waals surface area contributed by atoms with E-state index in [2.05, 4.69) is 24.3 Å². The third-order valence-electron chi connectivity index (χ3n) is 4.12. The summed E-state index contributed by atoms with van der Waals surface area (Å²) < 4.78 is 0. The number of para-hydroxylation sites is 2. The second-order valence-corrected chi connectivity index (χ2v) is 5.96. The van der Waals surface area contributed by atoms with Gasteiger partial charge in [0.2, 0.25) is 0 Å². The van der Waals surface area contributed by atoms with E-state index in [0.717, 1.165) is 22.5 Å². The highest BCUT2D eigenvalue weighted by molar-refractivity contribution is 5.73. The summed E-state index contributed by atoms with van der Waals surface area (Å²) in [5, 5.41) is 3.56. The zero-order valence-corrected chi connectivity index (χ0v) is 14.4. The number of rotatable bonds is 6. The number of hydroxylamine groups is 2. The van der Waals surface area contributed by atoms with Gasteiger partial charge < -0.3 is 0 Å². The van der Waals surface area contributed by atoms with Crippen LogP contribution in [0, 0.1) is 0 Å². The molecule has 0 aliphatic carbocycles. The van der Waals surface area contributed by atoms with Crippen LogP contribution in [0.1, 0.15) is 11.1 Å². The van der Waals surface area contributed by atoms with Gasteiger partial charge in [0.05, 0.1) is 23.8 Å². The van der Waals surface area contributed by atoms with Crippen molar-refractivity contribution in [1.82, 2.24) is 0 Å². The molecule has 0 saturated heterocycles. The molecular weight excluding hydrogens is 324 g/mol. The minimum Gasteiger partial charge on any atom is -0.264 e. The van der Waals surface area contributed by atoms with E-state index in [1.165, 1.54) is 0 Å². The Morgan fingerprint density at radius 2 is 0.885 bits per heavy atom. The minimum absolute atomic E-state index is 0.504. The lowest BCUT2D eigenvalue weighted by Gasteiger charge is -2.31. The number of benzene rings is 3. The van der Waals surface area contributed by atoms with E-state index in [-0.39, 0.29) is 0 Å². The van der Waals surface area contributed by atoms with E-state index in [0.29, 0.717) is 13.2 Å². The van der Waals surface area contributed by atoms with Crippen LogP contribution in [0.15, 0.2) is 97.3 Å². The first-order chi connectivity index (χ1) is 12.9. The van der Waals surface area contributed by atoms with Crippen molar-refractivity contribution < 1.29 is 9.68 Å². The van der Waals surface area contributed by atoms with Crippen molar-refractivity contribution in [3.63, 3.8) is 0 Å². The van der Waals surface area contributed by atoms with Crippen molar-refractivity contribution in [2.24, 2.45) is 0 Å². The van der Waals surface area contributed by atoms with Gasteiger partial charge >= 0.3 is 0 Å². The molecule has 0 saturated carbocycles. The Bertz CT molecular complexity index is 793. The summed E-state index contributed by atoms with van der Waals surface area (Å²) in [5.74, 6) is 0. The molecule has 1 heterocycles. The van der Waals surface area contributed by atoms with Gasteiger partial charge in [-0.15, -0.1) is 0 Å². The standard InChI is InChI=1S/C22H20N2O2/c1-3-9-19(10-4-1)17-25-23-15-16-24(22-14-8-7-13-21(22)23)26-18-20-11-5-2-6-12-20/h1-16H,17-18H2. The number of nitrogens with zero attached hydrogens (tertiary/aromatic N) is 2. The van der Waals surface area contributed by atoms with Crippen LogP contribution in [0.2, 0.25) is 0 Å². The van der Waals surface area contributed by atoms with Crippen LogP contribution < -0.4 is 10.1 Å². The van der Waals surface area contributed by atoms with E-state index < -0.39 is 0 Å². The maximum absolute atomic E-state index is 5.97. The summed E-state index contributed by atoms with van der Waals surface area (Å²) >= 11 is 0. The van der Waals surface area contributed by atoms with Crippen LogP contribution in [-0.4, -0.2) is 0 Å². The lowest BCUT2D eigenvalue weighted by atomic mass is 10.2. The molecule has 4 rings (SSSR count). The molecule has 0 amide bonds. The third kappa shape index (κ3) is 3.77. The zero-order chi connectivity index (χ0) is 17.6. The Morgan fingerprint density at radius 3 is 1.31 bits per heavy atom. The Morgan fingerprint density at radius 1 is 0.500 bits per heavy atom. The molecule has 1 aliphatic heterocycles. The molecule has 0 radical (unpaired) electrons. The lowest BCUT2D eigenvalue weighted by molar-refractivity contribution is 0.100. The first kappa shape index (κ1) is 16.4. The van der Waals surface area contributed by atoms with Crippen LogP contribution in [0.5, 0.6) is 0 Å². The summed E-state index contributed by atoms with van der Waals surface area (Å²) in [6, 6.07) is 28.3. The highest BCUT2D eigenvalue weighted by Crippen LogP contribution is 2.34. The zero-order valence-electron chi connectivity index (χ0n) is 14.4. The van der Waals surface area contributed by atoms with Gasteiger partial charge in [-0.2, -0.15) is 0 Å². The molecule has 0 aromatic heterocycles. The van der Waals surface area contributed by atoms with Crippen LogP contribution in [-0.2, 0) is 22.9 Å². The minimum atomic E-state index is 0.504. The molecule has 0 N–H and O–H groups in total. The highest BCUT2D eigenvalue weighted by Gasteiger charge is 2.19. The normalized spacial score (nSPS) is 12.9. The summed E-state index contributed by atoms with van der Waals surface area (Å²) in [5.41, 5.74) is 4.14. The number of anilines is 2. The van der Waals surface area contributed by atoms with Gasteiger partial charge in [-0.3, -0.25) is 9.68 Å². The van der Waals surface area contributed by atoms with Crippen LogP contribution in [0.3, 0.4) is 0 Å². The second-order valence-electron chi connectivity index (χ2n) is 5.96. The number of fused-ring (bicyclic) bond motifs is 1. The molecule has 26 heavy (non-hydrogen) atoms. The summed E-state index contributed by atoms with van der Waals surface area (Å²) in [6.45, 7) is 1.01. The molecule has 4 heteroatoms. The molecule has 3 aromatic carbocycles. The molecule has 130 valence electrons. The van der Waals surface area contributed by atoms with Crippen LogP contribution in [0.25, 0.3) is 0 Å². The van der Waals surface area contributed by atoms with Crippen LogP contribution in [0.4, 0.5) is 11.4 Å². The SMILES string of the molecule is C1=CN(OCc2ccccc2)c2ccccc2N1OCc1ccccc1. The fraction of sp³-hybridized carbons (Fsp3) is 0.0909. The van der Waals surface area contributed by atoms with Crippen molar-refractivity contribution in [2.75, 3.05) is 10.1 Å². The van der Waals surface area contributed by atoms with Gasteiger partial charge in [0.15, 0.2) is 0 Å². The van der Waals surface area contributed by atoms with Gasteiger partial charge in [-0.05, 0) is 23.3 Å². The maximum Gasteiger partial charge on any atom is 0.100 e. The van der Waals surface area contributed by atoms with Crippen molar-refractivity contribution in [3.05, 3.63) is 108 Å². The molecule has 0 spiro atoms. The predicted octanol–water partition coefficient (Wildman–Crippen LogP) is 5.05. The fourth-order valence-corrected chi connectivity index (χ4v) is 2.78. The van der Waals surface area contributed by atoms with E-state index in [1.54, 1.807) is 10.1 Å². The fourth-order valence-electron chi connectivity index (χ4n) is 2.78.